The van der Waals surface area contributed by atoms with Gasteiger partial charge in [-0.25, -0.2) is 19.6 Å². The molecule has 0 bridgehead atoms. The standard InChI is InChI=1S/C64H86N7O8P/c1-9-10-11-12-13-14-15-16-17-18-19-20-21-28-43-69(62(72)50-30-24-22-25-31-50)60-57-61(67-46-66-60)70(47-68-57)63-59(75-8)58(79-80(77-44-29-42-65)71(48(2)3)49(4)5)56(78-63)45-76-64(51-32-26-23-27-33-51,52-34-38-54(73-6)39-35-52)53-36-40-55(74-7)41-37-53/h22-27,30-41,46-49,56,58-59,63H,9-21,28-29,43-45H2,1-8H3/t56-,58?,59?,63-,80?/m1/s1. The number of fused-ring (bicyclic) bond motifs is 1. The van der Waals surface area contributed by atoms with Gasteiger partial charge in [0, 0.05) is 31.3 Å². The first-order valence-electron chi connectivity index (χ1n) is 29.1. The Balaban J connectivity index is 1.22. The number of unbranched alkanes of at least 4 members (excludes halogenated alkanes) is 13. The lowest BCUT2D eigenvalue weighted by Crippen LogP contribution is -2.42. The molecule has 0 radical (unpaired) electrons. The zero-order valence-corrected chi connectivity index (χ0v) is 49.5. The average molecular weight is 1110 g/mol. The molecule has 1 amide bonds. The van der Waals surface area contributed by atoms with Crippen LogP contribution < -0.4 is 14.4 Å². The molecule has 430 valence electrons. The van der Waals surface area contributed by atoms with E-state index in [-0.39, 0.29) is 37.6 Å². The molecule has 7 rings (SSSR count). The number of carbonyl (C=O) groups excluding carboxylic acids is 1. The molecule has 1 aliphatic heterocycles. The quantitative estimate of drug-likeness (QED) is 0.0211. The van der Waals surface area contributed by atoms with E-state index in [2.05, 4.69) is 57.5 Å². The monoisotopic (exact) mass is 1110 g/mol. The molecule has 5 atom stereocenters. The first kappa shape index (κ1) is 61.8. The molecule has 1 saturated heterocycles. The van der Waals surface area contributed by atoms with Gasteiger partial charge in [0.25, 0.3) is 14.4 Å². The lowest BCUT2D eigenvalue weighted by molar-refractivity contribution is -0.0938. The number of benzene rings is 4. The number of methoxy groups -OCH3 is 3. The third-order valence-corrected chi connectivity index (χ3v) is 17.1. The fourth-order valence-electron chi connectivity index (χ4n) is 10.9. The minimum absolute atomic E-state index is 0.00409. The summed E-state index contributed by atoms with van der Waals surface area (Å²) in [6.07, 6.45) is 17.5. The number of carbonyl (C=O) groups is 1. The van der Waals surface area contributed by atoms with Gasteiger partial charge >= 0.3 is 0 Å². The van der Waals surface area contributed by atoms with E-state index in [4.69, 9.17) is 47.7 Å². The topological polar surface area (TPSA) is 156 Å². The van der Waals surface area contributed by atoms with Crippen LogP contribution in [-0.2, 0) is 28.9 Å². The van der Waals surface area contributed by atoms with Gasteiger partial charge in [-0.05, 0) is 87.2 Å². The summed E-state index contributed by atoms with van der Waals surface area (Å²) in [5.74, 6) is 1.67. The van der Waals surface area contributed by atoms with Crippen LogP contribution in [0.1, 0.15) is 164 Å². The van der Waals surface area contributed by atoms with E-state index in [1.54, 1.807) is 32.6 Å². The molecule has 0 aliphatic carbocycles. The van der Waals surface area contributed by atoms with Crippen LogP contribution in [-0.4, -0.2) is 102 Å². The summed E-state index contributed by atoms with van der Waals surface area (Å²) in [7, 11) is 3.14. The number of rotatable bonds is 35. The molecule has 3 heterocycles. The van der Waals surface area contributed by atoms with Crippen LogP contribution in [0.2, 0.25) is 0 Å². The van der Waals surface area contributed by atoms with Crippen molar-refractivity contribution in [3.05, 3.63) is 144 Å². The van der Waals surface area contributed by atoms with Crippen molar-refractivity contribution in [2.45, 2.75) is 173 Å². The molecule has 1 aliphatic rings. The second kappa shape index (κ2) is 32.0. The minimum atomic E-state index is -1.79. The van der Waals surface area contributed by atoms with Crippen molar-refractivity contribution in [2.75, 3.05) is 46.0 Å². The summed E-state index contributed by atoms with van der Waals surface area (Å²) in [6.45, 7) is 11.3. The van der Waals surface area contributed by atoms with Crippen molar-refractivity contribution in [2.24, 2.45) is 0 Å². The number of imidazole rings is 1. The fourth-order valence-corrected chi connectivity index (χ4v) is 12.6. The number of ether oxygens (including phenoxy) is 5. The van der Waals surface area contributed by atoms with E-state index in [1.165, 1.54) is 77.0 Å². The van der Waals surface area contributed by atoms with Crippen molar-refractivity contribution in [3.63, 3.8) is 0 Å². The van der Waals surface area contributed by atoms with Gasteiger partial charge in [-0.3, -0.25) is 14.3 Å². The lowest BCUT2D eigenvalue weighted by Gasteiger charge is -2.39. The summed E-state index contributed by atoms with van der Waals surface area (Å²) < 4.78 is 50.4. The number of hydrogen-bond donors (Lipinski definition) is 0. The van der Waals surface area contributed by atoms with E-state index in [0.717, 1.165) is 36.0 Å². The molecule has 1 fully saturated rings. The van der Waals surface area contributed by atoms with E-state index in [0.29, 0.717) is 40.6 Å². The van der Waals surface area contributed by atoms with Crippen molar-refractivity contribution < 1.29 is 37.5 Å². The number of anilines is 1. The molecule has 0 N–H and O–H groups in total. The maximum Gasteiger partial charge on any atom is 0.259 e. The first-order chi connectivity index (χ1) is 39.1. The number of nitrogens with zero attached hydrogens (tertiary/aromatic N) is 7. The number of amides is 1. The van der Waals surface area contributed by atoms with Crippen LogP contribution in [0.5, 0.6) is 11.5 Å². The Morgan fingerprint density at radius 1 is 0.700 bits per heavy atom. The fraction of sp³-hybridized carbons (Fsp3) is 0.516. The van der Waals surface area contributed by atoms with Crippen molar-refractivity contribution >= 4 is 31.4 Å². The first-order valence-corrected chi connectivity index (χ1v) is 30.2. The third kappa shape index (κ3) is 15.8. The molecule has 2 aromatic heterocycles. The van der Waals surface area contributed by atoms with Crippen LogP contribution in [0.4, 0.5) is 5.82 Å². The smallest absolute Gasteiger partial charge is 0.259 e. The average Bonchev–Trinajstić information content (AvgIpc) is 4.25. The van der Waals surface area contributed by atoms with Crippen LogP contribution in [0.15, 0.2) is 122 Å². The van der Waals surface area contributed by atoms with Gasteiger partial charge in [0.15, 0.2) is 23.2 Å². The Hall–Kier alpha value is -5.82. The predicted molar refractivity (Wildman–Crippen MR) is 317 cm³/mol. The lowest BCUT2D eigenvalue weighted by atomic mass is 9.80. The van der Waals surface area contributed by atoms with Crippen LogP contribution in [0.25, 0.3) is 11.2 Å². The Labute approximate surface area is 477 Å². The number of hydrogen-bond acceptors (Lipinski definition) is 13. The Bertz CT molecular complexity index is 2720. The highest BCUT2D eigenvalue weighted by Crippen LogP contribution is 2.52. The molecule has 0 spiro atoms. The Morgan fingerprint density at radius 3 is 1.76 bits per heavy atom. The molecular formula is C64H86N7O8P. The maximum atomic E-state index is 14.6. The van der Waals surface area contributed by atoms with E-state index < -0.39 is 38.7 Å². The van der Waals surface area contributed by atoms with Crippen LogP contribution in [0.3, 0.4) is 0 Å². The summed E-state index contributed by atoms with van der Waals surface area (Å²) in [5, 5.41) is 9.64. The zero-order valence-electron chi connectivity index (χ0n) is 48.6. The zero-order chi connectivity index (χ0) is 56.7. The van der Waals surface area contributed by atoms with Gasteiger partial charge in [-0.15, -0.1) is 0 Å². The molecule has 16 heteroatoms. The molecule has 6 aromatic rings. The number of nitriles is 1. The molecule has 4 aromatic carbocycles. The minimum Gasteiger partial charge on any atom is -0.497 e. The molecule has 80 heavy (non-hydrogen) atoms. The SMILES string of the molecule is CCCCCCCCCCCCCCCCN(C(=O)c1ccccc1)c1ncnc2c1ncn2[C@@H]1O[C@H](COC(c2ccccc2)(c2ccc(OC)cc2)c2ccc(OC)cc2)C(OP(OCCC#N)N(C(C)C)C(C)C)C1OC. The van der Waals surface area contributed by atoms with Gasteiger partial charge in [-0.2, -0.15) is 5.26 Å². The van der Waals surface area contributed by atoms with Crippen molar-refractivity contribution in [3.8, 4) is 17.6 Å². The van der Waals surface area contributed by atoms with Crippen LogP contribution >= 0.6 is 8.53 Å². The van der Waals surface area contributed by atoms with Gasteiger partial charge in [0.1, 0.15) is 41.7 Å². The summed E-state index contributed by atoms with van der Waals surface area (Å²) >= 11 is 0. The number of aromatic nitrogens is 4. The highest BCUT2D eigenvalue weighted by Gasteiger charge is 2.51. The molecule has 15 nitrogen and oxygen atoms in total. The molecular weight excluding hydrogens is 1030 g/mol. The Kier molecular flexibility index (Phi) is 24.7. The molecule has 3 unspecified atom stereocenters. The molecule has 0 saturated carbocycles. The second-order valence-corrected chi connectivity index (χ2v) is 22.5. The highest BCUT2D eigenvalue weighted by molar-refractivity contribution is 7.44. The summed E-state index contributed by atoms with van der Waals surface area (Å²) in [6, 6.07) is 37.5. The van der Waals surface area contributed by atoms with E-state index >= 15 is 0 Å². The maximum absolute atomic E-state index is 14.6. The summed E-state index contributed by atoms with van der Waals surface area (Å²) in [5.41, 5.74) is 2.88. The normalized spacial score (nSPS) is 16.9. The summed E-state index contributed by atoms with van der Waals surface area (Å²) in [4.78, 5) is 30.9. The van der Waals surface area contributed by atoms with Gasteiger partial charge in [0.2, 0.25) is 0 Å². The Morgan fingerprint density at radius 2 is 1.24 bits per heavy atom. The van der Waals surface area contributed by atoms with Gasteiger partial charge in [-0.1, -0.05) is 163 Å². The largest absolute Gasteiger partial charge is 0.497 e. The van der Waals surface area contributed by atoms with Crippen molar-refractivity contribution in [1.82, 2.24) is 24.2 Å². The van der Waals surface area contributed by atoms with Crippen LogP contribution in [0, 0.1) is 11.3 Å². The predicted octanol–water partition coefficient (Wildman–Crippen LogP) is 14.6. The van der Waals surface area contributed by atoms with Gasteiger partial charge in [0.05, 0.1) is 46.3 Å². The third-order valence-electron chi connectivity index (χ3n) is 14.9. The van der Waals surface area contributed by atoms with Crippen molar-refractivity contribution in [1.29, 1.82) is 5.26 Å². The highest BCUT2D eigenvalue weighted by atomic mass is 31.2. The second-order valence-electron chi connectivity index (χ2n) is 21.1. The van der Waals surface area contributed by atoms with E-state index in [9.17, 15) is 10.1 Å². The van der Waals surface area contributed by atoms with Gasteiger partial charge < -0.3 is 32.7 Å². The van der Waals surface area contributed by atoms with E-state index in [1.807, 2.05) is 102 Å².